The smallest absolute Gasteiger partial charge is 0.141 e. The van der Waals surface area contributed by atoms with E-state index < -0.39 is 0 Å². The van der Waals surface area contributed by atoms with E-state index in [1.807, 2.05) is 0 Å². The molecule has 0 saturated carbocycles. The third kappa shape index (κ3) is 2.88. The van der Waals surface area contributed by atoms with Gasteiger partial charge in [-0.25, -0.2) is 4.39 Å². The van der Waals surface area contributed by atoms with E-state index in [4.69, 9.17) is 11.6 Å². The molecule has 11 heavy (non-hydrogen) atoms. The summed E-state index contributed by atoms with van der Waals surface area (Å²) >= 11 is 5.50. The van der Waals surface area contributed by atoms with Crippen molar-refractivity contribution in [2.75, 3.05) is 0 Å². The molecule has 1 rings (SSSR count). The van der Waals surface area contributed by atoms with Crippen LogP contribution in [0.3, 0.4) is 0 Å². The fourth-order valence-corrected chi connectivity index (χ4v) is 0.738. The third-order valence-corrected chi connectivity index (χ3v) is 1.62. The maximum absolute atomic E-state index is 12.4. The molecule has 0 spiro atoms. The van der Waals surface area contributed by atoms with Gasteiger partial charge in [0.25, 0.3) is 0 Å². The highest BCUT2D eigenvalue weighted by atomic mass is 35.5. The maximum Gasteiger partial charge on any atom is 0.141 e. The van der Waals surface area contributed by atoms with Crippen molar-refractivity contribution >= 4 is 24.9 Å². The molecule has 0 amide bonds. The van der Waals surface area contributed by atoms with Gasteiger partial charge >= 0.3 is 0 Å². The van der Waals surface area contributed by atoms with E-state index in [0.717, 1.165) is 5.46 Å². The highest BCUT2D eigenvalue weighted by Crippen LogP contribution is 2.08. The zero-order valence-corrected chi connectivity index (χ0v) is 6.74. The molecule has 0 fully saturated rings. The van der Waals surface area contributed by atoms with Gasteiger partial charge in [-0.05, 0) is 6.07 Å². The average Bonchev–Trinajstić information content (AvgIpc) is 1.83. The first-order valence-electron chi connectivity index (χ1n) is 2.62. The Balaban J connectivity index is 0. The number of benzene rings is 1. The first kappa shape index (κ1) is 13.0. The van der Waals surface area contributed by atoms with Gasteiger partial charge in [0, 0.05) is 0 Å². The maximum atomic E-state index is 12.4. The Bertz CT molecular complexity index is 212. The molecule has 0 aliphatic rings. The van der Waals surface area contributed by atoms with Crippen molar-refractivity contribution in [3.8, 4) is 0 Å². The van der Waals surface area contributed by atoms with Crippen LogP contribution in [0.4, 0.5) is 4.39 Å². The highest BCUT2D eigenvalue weighted by molar-refractivity contribution is 6.45. The molecule has 4 N–H and O–H groups in total. The van der Waals surface area contributed by atoms with Gasteiger partial charge in [-0.3, -0.25) is 0 Å². The molecule has 1 aromatic rings. The van der Waals surface area contributed by atoms with Gasteiger partial charge in [0.05, 0.1) is 5.02 Å². The molecule has 0 saturated heterocycles. The molecule has 0 radical (unpaired) electrons. The lowest BCUT2D eigenvalue weighted by atomic mass is 9.96. The topological polar surface area (TPSA) is 63.0 Å². The van der Waals surface area contributed by atoms with Gasteiger partial charge in [-0.1, -0.05) is 29.2 Å². The molecule has 0 atom stereocenters. The first-order chi connectivity index (χ1) is 4.22. The number of hydrogen-bond acceptors (Lipinski definition) is 0. The van der Waals surface area contributed by atoms with Crippen LogP contribution in [0.2, 0.25) is 5.02 Å². The minimum Gasteiger partial charge on any atom is -0.412 e. The summed E-state index contributed by atoms with van der Waals surface area (Å²) in [5, 5.41) is 0.220. The molecule has 2 nitrogen and oxygen atoms in total. The van der Waals surface area contributed by atoms with Crippen LogP contribution >= 0.6 is 11.6 Å². The van der Waals surface area contributed by atoms with Gasteiger partial charge in [0.1, 0.15) is 13.7 Å². The van der Waals surface area contributed by atoms with Crippen molar-refractivity contribution in [1.29, 1.82) is 0 Å². The van der Waals surface area contributed by atoms with Crippen LogP contribution < -0.4 is 5.46 Å². The Kier molecular flexibility index (Phi) is 6.08. The lowest BCUT2D eigenvalue weighted by Crippen LogP contribution is -2.04. The second-order valence-electron chi connectivity index (χ2n) is 1.87. The summed E-state index contributed by atoms with van der Waals surface area (Å²) in [5.41, 5.74) is 0.775. The molecule has 0 aliphatic heterocycles. The second-order valence-corrected chi connectivity index (χ2v) is 2.25. The van der Waals surface area contributed by atoms with Crippen LogP contribution in [-0.2, 0) is 0 Å². The molecule has 0 heterocycles. The van der Waals surface area contributed by atoms with Gasteiger partial charge < -0.3 is 11.0 Å². The standard InChI is InChI=1S/C6H5BClF.2H2O/c7-4-2-1-3-5(9)6(4)8;;/h1-3H,7H2;2*1H2. The predicted octanol–water partition coefficient (Wildman–Crippen LogP) is -0.912. The van der Waals surface area contributed by atoms with E-state index in [1.54, 1.807) is 20.0 Å². The van der Waals surface area contributed by atoms with E-state index in [9.17, 15) is 4.39 Å². The molecule has 1 aromatic carbocycles. The van der Waals surface area contributed by atoms with Crippen molar-refractivity contribution in [3.05, 3.63) is 29.0 Å². The van der Waals surface area contributed by atoms with Crippen LogP contribution in [-0.4, -0.2) is 18.8 Å². The molecular weight excluding hydrogens is 169 g/mol. The minimum absolute atomic E-state index is 0. The fraction of sp³-hybridized carbons (Fsp3) is 0. The SMILES string of the molecule is Bc1cccc(F)c1Cl.O.O. The van der Waals surface area contributed by atoms with Crippen molar-refractivity contribution in [1.82, 2.24) is 0 Å². The quantitative estimate of drug-likeness (QED) is 0.462. The summed E-state index contributed by atoms with van der Waals surface area (Å²) in [6.07, 6.45) is 0. The van der Waals surface area contributed by atoms with Gasteiger partial charge in [-0.15, -0.1) is 0 Å². The lowest BCUT2D eigenvalue weighted by molar-refractivity contribution is 0.629. The number of halogens is 2. The number of rotatable bonds is 0. The Hall–Kier alpha value is -0.575. The predicted molar refractivity (Wildman–Crippen MR) is 46.8 cm³/mol. The molecule has 62 valence electrons. The monoisotopic (exact) mass is 178 g/mol. The molecule has 0 aromatic heterocycles. The minimum atomic E-state index is -0.350. The van der Waals surface area contributed by atoms with E-state index in [-0.39, 0.29) is 21.8 Å². The van der Waals surface area contributed by atoms with Gasteiger partial charge in [-0.2, -0.15) is 0 Å². The van der Waals surface area contributed by atoms with E-state index in [2.05, 4.69) is 0 Å². The van der Waals surface area contributed by atoms with Crippen LogP contribution in [0.25, 0.3) is 0 Å². The van der Waals surface area contributed by atoms with Crippen molar-refractivity contribution in [2.45, 2.75) is 0 Å². The highest BCUT2D eigenvalue weighted by Gasteiger charge is 1.98. The lowest BCUT2D eigenvalue weighted by Gasteiger charge is -1.95. The van der Waals surface area contributed by atoms with Gasteiger partial charge in [0.2, 0.25) is 0 Å². The summed E-state index contributed by atoms with van der Waals surface area (Å²) in [4.78, 5) is 0. The Morgan fingerprint density at radius 2 is 1.82 bits per heavy atom. The molecule has 5 heteroatoms. The Labute approximate surface area is 70.0 Å². The van der Waals surface area contributed by atoms with Crippen LogP contribution in [0.15, 0.2) is 18.2 Å². The summed E-state index contributed by atoms with van der Waals surface area (Å²) < 4.78 is 12.4. The first-order valence-corrected chi connectivity index (χ1v) is 3.00. The zero-order valence-electron chi connectivity index (χ0n) is 5.99. The average molecular weight is 178 g/mol. The molecule has 0 aliphatic carbocycles. The van der Waals surface area contributed by atoms with Crippen LogP contribution in [0, 0.1) is 5.82 Å². The molecule has 0 bridgehead atoms. The third-order valence-electron chi connectivity index (χ3n) is 1.14. The van der Waals surface area contributed by atoms with E-state index >= 15 is 0 Å². The fourth-order valence-electron chi connectivity index (χ4n) is 0.612. The summed E-state index contributed by atoms with van der Waals surface area (Å²) in [5.74, 6) is -0.350. The summed E-state index contributed by atoms with van der Waals surface area (Å²) in [6.45, 7) is 0. The van der Waals surface area contributed by atoms with Crippen molar-refractivity contribution in [2.24, 2.45) is 0 Å². The Morgan fingerprint density at radius 1 is 1.27 bits per heavy atom. The largest absolute Gasteiger partial charge is 0.412 e. The van der Waals surface area contributed by atoms with E-state index in [1.165, 1.54) is 6.07 Å². The zero-order chi connectivity index (χ0) is 6.85. The molecule has 0 unspecified atom stereocenters. The normalized spacial score (nSPS) is 7.82. The van der Waals surface area contributed by atoms with Gasteiger partial charge in [0.15, 0.2) is 0 Å². The van der Waals surface area contributed by atoms with E-state index in [0.29, 0.717) is 0 Å². The van der Waals surface area contributed by atoms with Crippen LogP contribution in [0.5, 0.6) is 0 Å². The molecular formula is C6H9BClFO2. The van der Waals surface area contributed by atoms with Crippen LogP contribution in [0.1, 0.15) is 0 Å². The summed E-state index contributed by atoms with van der Waals surface area (Å²) in [7, 11) is 1.77. The summed E-state index contributed by atoms with van der Waals surface area (Å²) in [6, 6.07) is 4.75. The Morgan fingerprint density at radius 3 is 2.18 bits per heavy atom. The van der Waals surface area contributed by atoms with Crippen molar-refractivity contribution < 1.29 is 15.3 Å². The second kappa shape index (κ2) is 5.13. The number of hydrogen-bond donors (Lipinski definition) is 0. The van der Waals surface area contributed by atoms with Crippen molar-refractivity contribution in [3.63, 3.8) is 0 Å².